The van der Waals surface area contributed by atoms with E-state index in [2.05, 4.69) is 0 Å². The second-order valence-corrected chi connectivity index (χ2v) is 9.53. The predicted octanol–water partition coefficient (Wildman–Crippen LogP) is 2.56. The molecule has 11 nitrogen and oxygen atoms in total. The van der Waals surface area contributed by atoms with E-state index in [1.54, 1.807) is 38.1 Å². The Morgan fingerprint density at radius 3 is 2.88 bits per heavy atom. The predicted molar refractivity (Wildman–Crippen MR) is 109 cm³/mol. The van der Waals surface area contributed by atoms with Crippen LogP contribution in [0.4, 0.5) is 9.18 Å². The number of esters is 1. The molecule has 2 saturated heterocycles. The first-order valence-corrected chi connectivity index (χ1v) is 11.8. The molecule has 0 aliphatic carbocycles. The summed E-state index contributed by atoms with van der Waals surface area (Å²) < 4.78 is 53.9. The summed E-state index contributed by atoms with van der Waals surface area (Å²) in [5.74, 6) is -1.49. The fourth-order valence-electron chi connectivity index (χ4n) is 3.57. The van der Waals surface area contributed by atoms with Crippen molar-refractivity contribution in [2.75, 3.05) is 6.61 Å². The molecule has 1 aromatic carbocycles. The van der Waals surface area contributed by atoms with Gasteiger partial charge < -0.3 is 19.9 Å². The number of hydrogen-bond donors (Lipinski definition) is 2. The van der Waals surface area contributed by atoms with Crippen LogP contribution in [0, 0.1) is 0 Å². The second kappa shape index (κ2) is 9.49. The number of nitrogens with zero attached hydrogens (tertiary/aromatic N) is 1. The first kappa shape index (κ1) is 23.8. The molecule has 0 bridgehead atoms. The lowest BCUT2D eigenvalue weighted by atomic mass is 10.1. The SMILES string of the molecule is CC(C)OC(=O)c1ccccc1COP1(=O)OC[C@H]2O[C@@H](N3C=C(F)C(O)NC3=O)C[C@@H]2O1. The second-order valence-electron chi connectivity index (χ2n) is 7.91. The van der Waals surface area contributed by atoms with Gasteiger partial charge in [0.25, 0.3) is 0 Å². The average molecular weight is 486 g/mol. The molecule has 2 N–H and O–H groups in total. The molecule has 1 aromatic rings. The number of phosphoric ester groups is 1. The Labute approximate surface area is 189 Å². The van der Waals surface area contributed by atoms with Crippen LogP contribution in [0.5, 0.6) is 0 Å². The first-order valence-electron chi connectivity index (χ1n) is 10.3. The maximum Gasteiger partial charge on any atom is 0.475 e. The fourth-order valence-corrected chi connectivity index (χ4v) is 4.95. The van der Waals surface area contributed by atoms with E-state index in [0.29, 0.717) is 5.56 Å². The zero-order valence-electron chi connectivity index (χ0n) is 17.9. The summed E-state index contributed by atoms with van der Waals surface area (Å²) in [6, 6.07) is 5.82. The summed E-state index contributed by atoms with van der Waals surface area (Å²) in [6.07, 6.45) is -3.43. The summed E-state index contributed by atoms with van der Waals surface area (Å²) in [7, 11) is -4.01. The quantitative estimate of drug-likeness (QED) is 0.460. The largest absolute Gasteiger partial charge is 0.475 e. The number of hydrogen-bond acceptors (Lipinski definition) is 9. The molecular weight excluding hydrogens is 462 g/mol. The van der Waals surface area contributed by atoms with Crippen LogP contribution in [0.1, 0.15) is 36.2 Å². The lowest BCUT2D eigenvalue weighted by Crippen LogP contribution is -2.51. The Hall–Kier alpha value is -2.34. The van der Waals surface area contributed by atoms with Gasteiger partial charge in [-0.3, -0.25) is 18.5 Å². The number of ether oxygens (including phenoxy) is 2. The number of urea groups is 1. The molecule has 3 aliphatic rings. The molecule has 0 saturated carbocycles. The van der Waals surface area contributed by atoms with Crippen LogP contribution in [-0.2, 0) is 34.2 Å². The van der Waals surface area contributed by atoms with E-state index in [1.807, 2.05) is 5.32 Å². The highest BCUT2D eigenvalue weighted by molar-refractivity contribution is 7.48. The van der Waals surface area contributed by atoms with Crippen LogP contribution in [0.25, 0.3) is 0 Å². The van der Waals surface area contributed by atoms with Gasteiger partial charge in [-0.1, -0.05) is 18.2 Å². The van der Waals surface area contributed by atoms with Crippen LogP contribution < -0.4 is 5.32 Å². The Kier molecular flexibility index (Phi) is 6.85. The number of aliphatic hydroxyl groups is 1. The van der Waals surface area contributed by atoms with Crippen molar-refractivity contribution in [2.45, 2.75) is 57.6 Å². The summed E-state index contributed by atoms with van der Waals surface area (Å²) >= 11 is 0. The lowest BCUT2D eigenvalue weighted by molar-refractivity contribution is -0.0789. The maximum absolute atomic E-state index is 13.7. The van der Waals surface area contributed by atoms with Gasteiger partial charge in [0, 0.05) is 12.6 Å². The monoisotopic (exact) mass is 486 g/mol. The number of phosphoric acid groups is 1. The van der Waals surface area contributed by atoms with E-state index >= 15 is 0 Å². The Morgan fingerprint density at radius 1 is 1.36 bits per heavy atom. The van der Waals surface area contributed by atoms with E-state index in [9.17, 15) is 23.7 Å². The van der Waals surface area contributed by atoms with Gasteiger partial charge >= 0.3 is 19.8 Å². The highest BCUT2D eigenvalue weighted by atomic mass is 31.2. The number of nitrogens with one attached hydrogen (secondary N) is 1. The average Bonchev–Trinajstić information content (AvgIpc) is 3.17. The minimum absolute atomic E-state index is 0.0754. The van der Waals surface area contributed by atoms with E-state index in [0.717, 1.165) is 11.1 Å². The van der Waals surface area contributed by atoms with E-state index < -0.39 is 50.3 Å². The van der Waals surface area contributed by atoms with Crippen molar-refractivity contribution in [3.8, 4) is 0 Å². The molecule has 3 aliphatic heterocycles. The van der Waals surface area contributed by atoms with Crippen molar-refractivity contribution < 1.29 is 46.7 Å². The van der Waals surface area contributed by atoms with E-state index in [-0.39, 0.29) is 31.3 Å². The van der Waals surface area contributed by atoms with Crippen LogP contribution in [0.15, 0.2) is 36.3 Å². The molecule has 2 amide bonds. The van der Waals surface area contributed by atoms with Crippen LogP contribution >= 0.6 is 7.82 Å². The number of amides is 2. The van der Waals surface area contributed by atoms with Crippen molar-refractivity contribution in [3.05, 3.63) is 47.4 Å². The third-order valence-corrected chi connectivity index (χ3v) is 6.57. The zero-order chi connectivity index (χ0) is 23.8. The number of rotatable bonds is 6. The highest BCUT2D eigenvalue weighted by Crippen LogP contribution is 2.56. The van der Waals surface area contributed by atoms with Crippen LogP contribution in [-0.4, -0.2) is 59.4 Å². The van der Waals surface area contributed by atoms with Gasteiger partial charge in [-0.15, -0.1) is 0 Å². The Bertz CT molecular complexity index is 1000. The zero-order valence-corrected chi connectivity index (χ0v) is 18.8. The number of aliphatic hydroxyl groups excluding tert-OH is 1. The van der Waals surface area contributed by atoms with E-state index in [4.69, 9.17) is 23.0 Å². The van der Waals surface area contributed by atoms with Gasteiger partial charge in [0.1, 0.15) is 18.4 Å². The standard InChI is InChI=1S/C20H24FN2O9P/c1-11(2)30-19(25)13-6-4-3-5-12(13)9-28-33(27)29-10-16-15(32-33)7-17(31-16)23-8-14(21)18(24)22-20(23)26/h3-6,8,11,15-18,24H,7,9-10H2,1-2H3,(H,22,26)/t15-,16+,17+,18?,33?/m0/s1. The molecule has 3 heterocycles. The number of carbonyl (C=O) groups is 2. The molecule has 2 fully saturated rings. The van der Waals surface area contributed by atoms with Crippen molar-refractivity contribution in [1.82, 2.24) is 10.2 Å². The highest BCUT2D eigenvalue weighted by Gasteiger charge is 2.49. The molecule has 2 unspecified atom stereocenters. The van der Waals surface area contributed by atoms with Crippen LogP contribution in [0.2, 0.25) is 0 Å². The van der Waals surface area contributed by atoms with Gasteiger partial charge in [0.15, 0.2) is 12.1 Å². The third kappa shape index (κ3) is 5.26. The molecule has 180 valence electrons. The lowest BCUT2D eigenvalue weighted by Gasteiger charge is -2.30. The van der Waals surface area contributed by atoms with E-state index in [1.165, 1.54) is 0 Å². The number of halogens is 1. The molecular formula is C20H24FN2O9P. The molecule has 4 rings (SSSR count). The van der Waals surface area contributed by atoms with Crippen molar-refractivity contribution >= 4 is 19.8 Å². The molecule has 5 atom stereocenters. The Balaban J connectivity index is 1.39. The molecule has 0 radical (unpaired) electrons. The molecule has 33 heavy (non-hydrogen) atoms. The van der Waals surface area contributed by atoms with Gasteiger partial charge in [-0.2, -0.15) is 0 Å². The normalized spacial score (nSPS) is 31.7. The first-order chi connectivity index (χ1) is 15.6. The van der Waals surface area contributed by atoms with Gasteiger partial charge in [0.05, 0.1) is 24.9 Å². The summed E-state index contributed by atoms with van der Waals surface area (Å²) in [4.78, 5) is 25.3. The topological polar surface area (TPSA) is 133 Å². The van der Waals surface area contributed by atoms with Crippen molar-refractivity contribution in [1.29, 1.82) is 0 Å². The van der Waals surface area contributed by atoms with Crippen molar-refractivity contribution in [2.24, 2.45) is 0 Å². The smallest absolute Gasteiger partial charge is 0.459 e. The van der Waals surface area contributed by atoms with Gasteiger partial charge in [0.2, 0.25) is 0 Å². The number of fused-ring (bicyclic) bond motifs is 1. The minimum Gasteiger partial charge on any atom is -0.459 e. The maximum atomic E-state index is 13.7. The molecule has 0 aromatic heterocycles. The van der Waals surface area contributed by atoms with Gasteiger partial charge in [-0.25, -0.2) is 18.5 Å². The summed E-state index contributed by atoms with van der Waals surface area (Å²) in [6.45, 7) is 3.08. The number of carbonyl (C=O) groups excluding carboxylic acids is 2. The fraction of sp³-hybridized carbons (Fsp3) is 0.500. The Morgan fingerprint density at radius 2 is 2.12 bits per heavy atom. The minimum atomic E-state index is -4.01. The summed E-state index contributed by atoms with van der Waals surface area (Å²) in [5, 5.41) is 11.4. The molecule has 13 heteroatoms. The third-order valence-electron chi connectivity index (χ3n) is 5.13. The summed E-state index contributed by atoms with van der Waals surface area (Å²) in [5.41, 5.74) is 0.710. The van der Waals surface area contributed by atoms with Gasteiger partial charge in [-0.05, 0) is 25.5 Å². The number of benzene rings is 1. The van der Waals surface area contributed by atoms with Crippen molar-refractivity contribution in [3.63, 3.8) is 0 Å². The van der Waals surface area contributed by atoms with Crippen LogP contribution in [0.3, 0.4) is 0 Å². The molecule has 0 spiro atoms.